The number of nitrogens with one attached hydrogen (secondary N) is 1. The average Bonchev–Trinajstić information content (AvgIpc) is 3.25. The number of H-pyrrole nitrogens is 1. The molecule has 4 aromatic rings. The molecular weight excluding hydrogens is 324 g/mol. The van der Waals surface area contributed by atoms with Gasteiger partial charge in [-0.05, 0) is 59.4 Å². The van der Waals surface area contributed by atoms with Crippen molar-refractivity contribution in [3.8, 4) is 0 Å². The van der Waals surface area contributed by atoms with Gasteiger partial charge in [-0.15, -0.1) is 11.3 Å². The molecule has 0 aliphatic carbocycles. The Morgan fingerprint density at radius 2 is 1.96 bits per heavy atom. The highest BCUT2D eigenvalue weighted by atomic mass is 32.1. The van der Waals surface area contributed by atoms with Crippen LogP contribution in [0.3, 0.4) is 0 Å². The van der Waals surface area contributed by atoms with Gasteiger partial charge in [0.15, 0.2) is 0 Å². The van der Waals surface area contributed by atoms with E-state index in [-0.39, 0.29) is 5.41 Å². The largest absolute Gasteiger partial charge is 0.358 e. The van der Waals surface area contributed by atoms with Gasteiger partial charge < -0.3 is 4.98 Å². The summed E-state index contributed by atoms with van der Waals surface area (Å²) in [6, 6.07) is 17.6. The third kappa shape index (κ3) is 3.21. The molecule has 3 heteroatoms. The van der Waals surface area contributed by atoms with Gasteiger partial charge in [-0.2, -0.15) is 0 Å². The van der Waals surface area contributed by atoms with E-state index in [4.69, 9.17) is 0 Å². The molecule has 0 aliphatic rings. The maximum Gasteiger partial charge on any atom is 0.0814 e. The van der Waals surface area contributed by atoms with E-state index in [2.05, 4.69) is 79.3 Å². The van der Waals surface area contributed by atoms with E-state index in [0.29, 0.717) is 5.92 Å². The van der Waals surface area contributed by atoms with Crippen LogP contribution < -0.4 is 0 Å². The quantitative estimate of drug-likeness (QED) is 0.430. The number of fused-ring (bicyclic) bond motifs is 2. The highest BCUT2D eigenvalue weighted by molar-refractivity contribution is 7.16. The molecule has 4 rings (SSSR count). The Kier molecular flexibility index (Phi) is 4.12. The van der Waals surface area contributed by atoms with E-state index in [9.17, 15) is 0 Å². The molecule has 2 heterocycles. The van der Waals surface area contributed by atoms with Crippen LogP contribution in [0.4, 0.5) is 0 Å². The van der Waals surface area contributed by atoms with Crippen LogP contribution in [0.15, 0.2) is 54.0 Å². The standard InChI is InChI=1S/C22H24N2S/c1-15(19-12-16-6-4-5-7-18(16)24-19)10-11-22(2,3)17-8-9-21-20(13-17)23-14-25-21/h4-9,12-15,24H,10-11H2,1-3H3. The summed E-state index contributed by atoms with van der Waals surface area (Å²) in [7, 11) is 0. The highest BCUT2D eigenvalue weighted by Gasteiger charge is 2.23. The summed E-state index contributed by atoms with van der Waals surface area (Å²) >= 11 is 1.71. The fourth-order valence-electron chi connectivity index (χ4n) is 3.52. The zero-order valence-corrected chi connectivity index (χ0v) is 15.9. The molecule has 0 aliphatic heterocycles. The van der Waals surface area contributed by atoms with Crippen molar-refractivity contribution in [2.75, 3.05) is 0 Å². The summed E-state index contributed by atoms with van der Waals surface area (Å²) in [5, 5.41) is 1.30. The number of rotatable bonds is 5. The summed E-state index contributed by atoms with van der Waals surface area (Å²) in [6.45, 7) is 7.02. The normalized spacial score (nSPS) is 13.6. The summed E-state index contributed by atoms with van der Waals surface area (Å²) in [4.78, 5) is 8.06. The number of nitrogens with zero attached hydrogens (tertiary/aromatic N) is 1. The van der Waals surface area contributed by atoms with Gasteiger partial charge in [0.1, 0.15) is 0 Å². The number of hydrogen-bond donors (Lipinski definition) is 1. The van der Waals surface area contributed by atoms with Crippen LogP contribution >= 0.6 is 11.3 Å². The van der Waals surface area contributed by atoms with E-state index >= 15 is 0 Å². The van der Waals surface area contributed by atoms with Crippen LogP contribution in [-0.2, 0) is 5.41 Å². The van der Waals surface area contributed by atoms with E-state index in [1.807, 2.05) is 5.51 Å². The lowest BCUT2D eigenvalue weighted by Gasteiger charge is -2.27. The Morgan fingerprint density at radius 1 is 1.12 bits per heavy atom. The smallest absolute Gasteiger partial charge is 0.0814 e. The van der Waals surface area contributed by atoms with Crippen LogP contribution in [0.1, 0.15) is 50.8 Å². The SMILES string of the molecule is CC(CCC(C)(C)c1ccc2scnc2c1)c1cc2ccccc2[nH]1. The minimum atomic E-state index is 0.151. The fourth-order valence-corrected chi connectivity index (χ4v) is 4.18. The number of thiazole rings is 1. The fraction of sp³-hybridized carbons (Fsp3) is 0.318. The monoisotopic (exact) mass is 348 g/mol. The van der Waals surface area contributed by atoms with Crippen molar-refractivity contribution in [1.29, 1.82) is 0 Å². The topological polar surface area (TPSA) is 28.7 Å². The maximum absolute atomic E-state index is 4.47. The lowest BCUT2D eigenvalue weighted by Crippen LogP contribution is -2.18. The molecule has 2 aromatic heterocycles. The van der Waals surface area contributed by atoms with Crippen LogP contribution in [0.2, 0.25) is 0 Å². The molecule has 0 saturated heterocycles. The van der Waals surface area contributed by atoms with Crippen LogP contribution in [0, 0.1) is 0 Å². The second-order valence-electron chi connectivity index (χ2n) is 7.67. The predicted octanol–water partition coefficient (Wildman–Crippen LogP) is 6.64. The van der Waals surface area contributed by atoms with Crippen molar-refractivity contribution in [3.05, 3.63) is 65.3 Å². The summed E-state index contributed by atoms with van der Waals surface area (Å²) in [5.74, 6) is 0.523. The van der Waals surface area contributed by atoms with Crippen molar-refractivity contribution in [3.63, 3.8) is 0 Å². The van der Waals surface area contributed by atoms with Crippen LogP contribution in [0.25, 0.3) is 21.1 Å². The second-order valence-corrected chi connectivity index (χ2v) is 8.56. The molecule has 25 heavy (non-hydrogen) atoms. The molecule has 0 saturated carbocycles. The zero-order chi connectivity index (χ0) is 17.4. The Bertz CT molecular complexity index is 976. The zero-order valence-electron chi connectivity index (χ0n) is 15.0. The molecule has 0 fully saturated rings. The second kappa shape index (κ2) is 6.30. The molecule has 2 nitrogen and oxygen atoms in total. The molecule has 1 atom stereocenters. The summed E-state index contributed by atoms with van der Waals surface area (Å²) < 4.78 is 1.27. The van der Waals surface area contributed by atoms with E-state index in [0.717, 1.165) is 18.4 Å². The first kappa shape index (κ1) is 16.3. The Labute approximate surface area is 152 Å². The summed E-state index contributed by atoms with van der Waals surface area (Å²) in [5.41, 5.74) is 7.16. The first-order valence-electron chi connectivity index (χ1n) is 8.94. The van der Waals surface area contributed by atoms with Gasteiger partial charge in [0.05, 0.1) is 15.7 Å². The molecule has 2 aromatic carbocycles. The van der Waals surface area contributed by atoms with Gasteiger partial charge >= 0.3 is 0 Å². The number of para-hydroxylation sites is 1. The third-order valence-corrected chi connectivity index (χ3v) is 6.21. The maximum atomic E-state index is 4.47. The van der Waals surface area contributed by atoms with Crippen molar-refractivity contribution in [2.24, 2.45) is 0 Å². The first-order valence-corrected chi connectivity index (χ1v) is 9.82. The van der Waals surface area contributed by atoms with Gasteiger partial charge in [-0.1, -0.05) is 45.0 Å². The molecule has 1 unspecified atom stereocenters. The summed E-state index contributed by atoms with van der Waals surface area (Å²) in [6.07, 6.45) is 2.31. The van der Waals surface area contributed by atoms with Crippen molar-refractivity contribution >= 4 is 32.5 Å². The van der Waals surface area contributed by atoms with Crippen molar-refractivity contribution in [2.45, 2.75) is 44.9 Å². The van der Waals surface area contributed by atoms with Crippen LogP contribution in [0.5, 0.6) is 0 Å². The minimum absolute atomic E-state index is 0.151. The number of aromatic amines is 1. The molecule has 0 bridgehead atoms. The molecule has 128 valence electrons. The van der Waals surface area contributed by atoms with Crippen molar-refractivity contribution < 1.29 is 0 Å². The minimum Gasteiger partial charge on any atom is -0.358 e. The number of hydrogen-bond acceptors (Lipinski definition) is 2. The van der Waals surface area contributed by atoms with E-state index < -0.39 is 0 Å². The molecule has 1 N–H and O–H groups in total. The van der Waals surface area contributed by atoms with Gasteiger partial charge in [-0.3, -0.25) is 0 Å². The van der Waals surface area contributed by atoms with Crippen molar-refractivity contribution in [1.82, 2.24) is 9.97 Å². The average molecular weight is 349 g/mol. The van der Waals surface area contributed by atoms with Crippen LogP contribution in [-0.4, -0.2) is 9.97 Å². The molecule has 0 spiro atoms. The van der Waals surface area contributed by atoms with Gasteiger partial charge in [0, 0.05) is 11.2 Å². The van der Waals surface area contributed by atoms with Gasteiger partial charge in [0.25, 0.3) is 0 Å². The number of aromatic nitrogens is 2. The number of benzene rings is 2. The highest BCUT2D eigenvalue weighted by Crippen LogP contribution is 2.34. The Morgan fingerprint density at radius 3 is 2.80 bits per heavy atom. The third-order valence-electron chi connectivity index (χ3n) is 5.40. The lowest BCUT2D eigenvalue weighted by molar-refractivity contribution is 0.438. The van der Waals surface area contributed by atoms with Gasteiger partial charge in [-0.25, -0.2) is 4.98 Å². The predicted molar refractivity (Wildman–Crippen MR) is 109 cm³/mol. The van der Waals surface area contributed by atoms with E-state index in [1.54, 1.807) is 11.3 Å². The molecular formula is C22H24N2S. The molecule has 0 radical (unpaired) electrons. The Hall–Kier alpha value is -2.13. The first-order chi connectivity index (χ1) is 12.0. The molecule has 0 amide bonds. The Balaban J connectivity index is 1.50. The van der Waals surface area contributed by atoms with Gasteiger partial charge in [0.2, 0.25) is 0 Å². The van der Waals surface area contributed by atoms with E-state index in [1.165, 1.54) is 26.9 Å². The lowest BCUT2D eigenvalue weighted by atomic mass is 9.78.